The molecule has 21 heavy (non-hydrogen) atoms. The van der Waals surface area contributed by atoms with Gasteiger partial charge in [-0.15, -0.1) is 0 Å². The van der Waals surface area contributed by atoms with Gasteiger partial charge in [0.15, 0.2) is 0 Å². The van der Waals surface area contributed by atoms with Crippen molar-refractivity contribution >= 4 is 17.5 Å². The second-order valence-corrected chi connectivity index (χ2v) is 7.76. The van der Waals surface area contributed by atoms with Gasteiger partial charge in [-0.3, -0.25) is 4.79 Å². The van der Waals surface area contributed by atoms with Crippen LogP contribution in [0.15, 0.2) is 18.2 Å². The largest absolute Gasteiger partial charge is 0.335 e. The van der Waals surface area contributed by atoms with Crippen LogP contribution in [0.2, 0.25) is 5.02 Å². The highest BCUT2D eigenvalue weighted by molar-refractivity contribution is 6.31. The molecule has 0 N–H and O–H groups in total. The summed E-state index contributed by atoms with van der Waals surface area (Å²) in [6, 6.07) is 6.19. The first-order valence-electron chi connectivity index (χ1n) is 8.17. The number of hydrogen-bond donors (Lipinski definition) is 0. The van der Waals surface area contributed by atoms with Crippen LogP contribution in [0.4, 0.5) is 0 Å². The SMILES string of the molecule is Cc1ccc(C(=O)N2CC3C[C@@H]4CC2C[C@@H](C3)C4)cc1Cl. The van der Waals surface area contributed by atoms with Gasteiger partial charge in [0, 0.05) is 23.2 Å². The summed E-state index contributed by atoms with van der Waals surface area (Å²) in [7, 11) is 0. The predicted octanol–water partition coefficient (Wildman–Crippen LogP) is 4.30. The molecule has 1 amide bonds. The first-order valence-corrected chi connectivity index (χ1v) is 8.55. The third kappa shape index (κ3) is 2.38. The lowest BCUT2D eigenvalue weighted by atomic mass is 9.68. The van der Waals surface area contributed by atoms with Gasteiger partial charge in [-0.1, -0.05) is 17.7 Å². The third-order valence-electron chi connectivity index (χ3n) is 5.79. The van der Waals surface area contributed by atoms with E-state index in [1.165, 1.54) is 32.1 Å². The molecule has 0 radical (unpaired) electrons. The van der Waals surface area contributed by atoms with E-state index in [0.29, 0.717) is 11.1 Å². The van der Waals surface area contributed by atoms with Crippen molar-refractivity contribution in [3.05, 3.63) is 34.3 Å². The quantitative estimate of drug-likeness (QED) is 0.757. The van der Waals surface area contributed by atoms with Gasteiger partial charge >= 0.3 is 0 Å². The molecule has 2 saturated carbocycles. The van der Waals surface area contributed by atoms with E-state index in [1.54, 1.807) is 0 Å². The minimum atomic E-state index is 0.190. The maximum Gasteiger partial charge on any atom is 0.254 e. The normalized spacial score (nSPS) is 34.1. The Morgan fingerprint density at radius 2 is 1.76 bits per heavy atom. The Labute approximate surface area is 131 Å². The summed E-state index contributed by atoms with van der Waals surface area (Å²) in [4.78, 5) is 15.1. The van der Waals surface area contributed by atoms with Crippen LogP contribution in [-0.2, 0) is 0 Å². The number of amides is 1. The fourth-order valence-electron chi connectivity index (χ4n) is 4.92. The number of carbonyl (C=O) groups excluding carboxylic acids is 1. The van der Waals surface area contributed by atoms with Crippen LogP contribution in [0.3, 0.4) is 0 Å². The van der Waals surface area contributed by atoms with E-state index >= 15 is 0 Å². The molecule has 4 fully saturated rings. The van der Waals surface area contributed by atoms with E-state index in [9.17, 15) is 4.79 Å². The second kappa shape index (κ2) is 5.01. The van der Waals surface area contributed by atoms with Gasteiger partial charge in [0.2, 0.25) is 0 Å². The zero-order valence-electron chi connectivity index (χ0n) is 12.5. The Bertz CT molecular complexity index is 571. The molecule has 112 valence electrons. The van der Waals surface area contributed by atoms with Crippen LogP contribution in [0.1, 0.15) is 48.0 Å². The molecule has 3 heteroatoms. The summed E-state index contributed by atoms with van der Waals surface area (Å²) in [5.41, 5.74) is 1.79. The van der Waals surface area contributed by atoms with Gasteiger partial charge in [0.25, 0.3) is 5.91 Å². The van der Waals surface area contributed by atoms with Gasteiger partial charge in [-0.25, -0.2) is 0 Å². The summed E-state index contributed by atoms with van der Waals surface area (Å²) in [6.45, 7) is 2.94. The first kappa shape index (κ1) is 13.6. The lowest BCUT2D eigenvalue weighted by molar-refractivity contribution is 0.0632. The molecule has 1 aromatic carbocycles. The number of hydrogen-bond acceptors (Lipinski definition) is 1. The Morgan fingerprint density at radius 1 is 1.10 bits per heavy atom. The molecule has 0 aromatic heterocycles. The number of aryl methyl sites for hydroxylation is 1. The van der Waals surface area contributed by atoms with Crippen LogP contribution < -0.4 is 0 Å². The molecule has 4 aliphatic rings. The number of rotatable bonds is 1. The second-order valence-electron chi connectivity index (χ2n) is 7.35. The minimum Gasteiger partial charge on any atom is -0.335 e. The van der Waals surface area contributed by atoms with Crippen LogP contribution in [0.5, 0.6) is 0 Å². The molecule has 4 bridgehead atoms. The molecule has 2 aliphatic heterocycles. The highest BCUT2D eigenvalue weighted by Crippen LogP contribution is 2.47. The summed E-state index contributed by atoms with van der Waals surface area (Å²) in [5, 5.41) is 0.696. The van der Waals surface area contributed by atoms with Crippen LogP contribution in [-0.4, -0.2) is 23.4 Å². The smallest absolute Gasteiger partial charge is 0.254 e. The topological polar surface area (TPSA) is 20.3 Å². The molecule has 2 heterocycles. The van der Waals surface area contributed by atoms with Crippen molar-refractivity contribution in [2.24, 2.45) is 17.8 Å². The Hall–Kier alpha value is -1.02. The van der Waals surface area contributed by atoms with Gasteiger partial charge in [0.05, 0.1) is 0 Å². The minimum absolute atomic E-state index is 0.190. The average molecular weight is 304 g/mol. The van der Waals surface area contributed by atoms with Crippen molar-refractivity contribution in [2.45, 2.75) is 45.1 Å². The van der Waals surface area contributed by atoms with Crippen LogP contribution in [0, 0.1) is 24.7 Å². The average Bonchev–Trinajstić information content (AvgIpc) is 2.65. The summed E-state index contributed by atoms with van der Waals surface area (Å²) >= 11 is 6.20. The molecular weight excluding hydrogens is 282 g/mol. The molecular formula is C18H22ClNO. The predicted molar refractivity (Wildman–Crippen MR) is 84.6 cm³/mol. The van der Waals surface area contributed by atoms with Crippen molar-refractivity contribution in [1.82, 2.24) is 4.90 Å². The van der Waals surface area contributed by atoms with Crippen LogP contribution in [0.25, 0.3) is 0 Å². The Morgan fingerprint density at radius 3 is 2.43 bits per heavy atom. The van der Waals surface area contributed by atoms with E-state index in [4.69, 9.17) is 11.6 Å². The molecule has 2 saturated heterocycles. The van der Waals surface area contributed by atoms with E-state index in [0.717, 1.165) is 35.4 Å². The fourth-order valence-corrected chi connectivity index (χ4v) is 5.11. The maximum absolute atomic E-state index is 12.9. The summed E-state index contributed by atoms with van der Waals surface area (Å²) in [6.07, 6.45) is 6.53. The van der Waals surface area contributed by atoms with E-state index in [2.05, 4.69) is 4.90 Å². The summed E-state index contributed by atoms with van der Waals surface area (Å²) in [5.74, 6) is 2.65. The highest BCUT2D eigenvalue weighted by atomic mass is 35.5. The number of carbonyl (C=O) groups is 1. The highest BCUT2D eigenvalue weighted by Gasteiger charge is 2.44. The zero-order valence-corrected chi connectivity index (χ0v) is 13.3. The molecule has 1 aromatic rings. The number of benzene rings is 1. The number of halogens is 1. The molecule has 0 spiro atoms. The number of fused-ring (bicyclic) bond motifs is 1. The molecule has 2 aliphatic carbocycles. The van der Waals surface area contributed by atoms with Gasteiger partial charge in [-0.05, 0) is 74.5 Å². The van der Waals surface area contributed by atoms with Gasteiger partial charge in [-0.2, -0.15) is 0 Å². The van der Waals surface area contributed by atoms with Crippen molar-refractivity contribution in [3.8, 4) is 0 Å². The maximum atomic E-state index is 12.9. The van der Waals surface area contributed by atoms with Crippen molar-refractivity contribution < 1.29 is 4.79 Å². The molecule has 2 nitrogen and oxygen atoms in total. The zero-order chi connectivity index (χ0) is 14.6. The monoisotopic (exact) mass is 303 g/mol. The molecule has 5 rings (SSSR count). The van der Waals surface area contributed by atoms with Crippen molar-refractivity contribution in [3.63, 3.8) is 0 Å². The standard InChI is InChI=1S/C18H22ClNO/c1-11-2-3-15(9-17(11)19)18(21)20-10-14-5-12-4-13(6-14)8-16(20)7-12/h2-3,9,12-14,16H,4-8,10H2,1H3/t12-,13-,14?,16?/m1/s1. The van der Waals surface area contributed by atoms with E-state index in [-0.39, 0.29) is 5.91 Å². The lowest BCUT2D eigenvalue weighted by Gasteiger charge is -2.39. The van der Waals surface area contributed by atoms with E-state index in [1.807, 2.05) is 25.1 Å². The van der Waals surface area contributed by atoms with Crippen LogP contribution >= 0.6 is 11.6 Å². The van der Waals surface area contributed by atoms with Gasteiger partial charge in [0.1, 0.15) is 0 Å². The van der Waals surface area contributed by atoms with Crippen molar-refractivity contribution in [2.75, 3.05) is 6.54 Å². The van der Waals surface area contributed by atoms with E-state index < -0.39 is 0 Å². The lowest BCUT2D eigenvalue weighted by Crippen LogP contribution is -2.42. The third-order valence-corrected chi connectivity index (χ3v) is 6.19. The molecule has 0 unspecified atom stereocenters. The summed E-state index contributed by atoms with van der Waals surface area (Å²) < 4.78 is 0. The Balaban J connectivity index is 1.63. The first-order chi connectivity index (χ1) is 10.1. The number of nitrogens with zero attached hydrogens (tertiary/aromatic N) is 1. The Kier molecular flexibility index (Phi) is 3.25. The van der Waals surface area contributed by atoms with Gasteiger partial charge < -0.3 is 4.90 Å². The fraction of sp³-hybridized carbons (Fsp3) is 0.611. The van der Waals surface area contributed by atoms with Crippen molar-refractivity contribution in [1.29, 1.82) is 0 Å². The molecule has 2 atom stereocenters.